The summed E-state index contributed by atoms with van der Waals surface area (Å²) in [4.78, 5) is 1.37. The first-order valence-electron chi connectivity index (χ1n) is 6.29. The molecular formula is C17H12SSe. The summed E-state index contributed by atoms with van der Waals surface area (Å²) in [6, 6.07) is 20.1. The van der Waals surface area contributed by atoms with Crippen LogP contribution in [0, 0.1) is 6.92 Å². The van der Waals surface area contributed by atoms with Crippen LogP contribution in [-0.2, 0) is 0 Å². The fourth-order valence-electron chi connectivity index (χ4n) is 2.45. The monoisotopic (exact) mass is 328 g/mol. The third kappa shape index (κ3) is 1.97. The number of aryl methyl sites for hydroxylation is 1. The average molecular weight is 327 g/mol. The molecule has 0 saturated heterocycles. The number of thiophene rings is 1. The van der Waals surface area contributed by atoms with Crippen LogP contribution in [0.15, 0.2) is 54.6 Å². The van der Waals surface area contributed by atoms with Crippen LogP contribution in [0.4, 0.5) is 0 Å². The molecule has 0 fully saturated rings. The Bertz CT molecular complexity index is 817. The van der Waals surface area contributed by atoms with Gasteiger partial charge in [-0.25, -0.2) is 0 Å². The SMILES string of the molecule is Cc1cc2cc3cc(-c4ccccc4)sc3cc2[se]1. The molecule has 2 aromatic heterocycles. The van der Waals surface area contributed by atoms with Gasteiger partial charge >= 0.3 is 122 Å². The van der Waals surface area contributed by atoms with Crippen molar-refractivity contribution in [1.82, 2.24) is 0 Å². The van der Waals surface area contributed by atoms with E-state index in [0.29, 0.717) is 14.5 Å². The van der Waals surface area contributed by atoms with Crippen molar-refractivity contribution in [3.63, 3.8) is 0 Å². The topological polar surface area (TPSA) is 0 Å². The van der Waals surface area contributed by atoms with Gasteiger partial charge in [0, 0.05) is 0 Å². The molecule has 0 atom stereocenters. The van der Waals surface area contributed by atoms with Crippen molar-refractivity contribution >= 4 is 45.6 Å². The average Bonchev–Trinajstić information content (AvgIpc) is 2.98. The Hall–Kier alpha value is -1.34. The Morgan fingerprint density at radius 3 is 2.58 bits per heavy atom. The van der Waals surface area contributed by atoms with Crippen LogP contribution in [0.2, 0.25) is 0 Å². The van der Waals surface area contributed by atoms with Gasteiger partial charge in [-0.3, -0.25) is 0 Å². The number of rotatable bonds is 1. The van der Waals surface area contributed by atoms with Gasteiger partial charge in [-0.1, -0.05) is 0 Å². The first-order chi connectivity index (χ1) is 9.29. The zero-order valence-electron chi connectivity index (χ0n) is 10.5. The molecule has 0 amide bonds. The Labute approximate surface area is 122 Å². The second-order valence-corrected chi connectivity index (χ2v) is 8.55. The van der Waals surface area contributed by atoms with Crippen molar-refractivity contribution in [2.45, 2.75) is 6.92 Å². The summed E-state index contributed by atoms with van der Waals surface area (Å²) >= 11 is 2.45. The quantitative estimate of drug-likeness (QED) is 0.427. The van der Waals surface area contributed by atoms with E-state index < -0.39 is 0 Å². The van der Waals surface area contributed by atoms with Gasteiger partial charge in [-0.05, 0) is 0 Å². The molecule has 2 heteroatoms. The second kappa shape index (κ2) is 4.35. The predicted molar refractivity (Wildman–Crippen MR) is 86.4 cm³/mol. The second-order valence-electron chi connectivity index (χ2n) is 4.76. The maximum absolute atomic E-state index is 2.40. The molecule has 0 radical (unpaired) electrons. The molecule has 4 rings (SSSR count). The molecule has 0 unspecified atom stereocenters. The maximum atomic E-state index is 2.40. The van der Waals surface area contributed by atoms with Crippen LogP contribution in [-0.4, -0.2) is 14.5 Å². The van der Waals surface area contributed by atoms with Crippen LogP contribution in [0.3, 0.4) is 0 Å². The van der Waals surface area contributed by atoms with Gasteiger partial charge in [-0.15, -0.1) is 0 Å². The summed E-state index contributed by atoms with van der Waals surface area (Å²) in [7, 11) is 0. The molecular weight excluding hydrogens is 315 g/mol. The van der Waals surface area contributed by atoms with Crippen LogP contribution in [0.25, 0.3) is 30.2 Å². The van der Waals surface area contributed by atoms with E-state index in [9.17, 15) is 0 Å². The Morgan fingerprint density at radius 1 is 0.895 bits per heavy atom. The normalized spacial score (nSPS) is 11.4. The van der Waals surface area contributed by atoms with E-state index in [4.69, 9.17) is 0 Å². The fraction of sp³-hybridized carbons (Fsp3) is 0.0588. The molecule has 2 heterocycles. The van der Waals surface area contributed by atoms with Crippen LogP contribution < -0.4 is 0 Å². The predicted octanol–water partition coefficient (Wildman–Crippen LogP) is 5.09. The number of fused-ring (bicyclic) bond motifs is 2. The molecule has 0 aliphatic rings. The van der Waals surface area contributed by atoms with Crippen molar-refractivity contribution in [3.05, 3.63) is 59.0 Å². The third-order valence-corrected chi connectivity index (χ3v) is 6.61. The van der Waals surface area contributed by atoms with Gasteiger partial charge < -0.3 is 0 Å². The molecule has 92 valence electrons. The standard InChI is InChI=1S/C17H12SSe/c1-11-7-14-8-13-9-15(12-5-3-2-4-6-12)18-16(13)10-17(14)19-11/h2-10H,1H3. The first-order valence-corrected chi connectivity index (χ1v) is 8.82. The van der Waals surface area contributed by atoms with Crippen LogP contribution in [0.5, 0.6) is 0 Å². The van der Waals surface area contributed by atoms with E-state index in [2.05, 4.69) is 61.5 Å². The Morgan fingerprint density at radius 2 is 1.74 bits per heavy atom. The van der Waals surface area contributed by atoms with Gasteiger partial charge in [0.05, 0.1) is 0 Å². The molecule has 0 saturated carbocycles. The molecule has 0 aliphatic carbocycles. The summed E-state index contributed by atoms with van der Waals surface area (Å²) in [5, 5.41) is 2.81. The van der Waals surface area contributed by atoms with Crippen molar-refractivity contribution in [1.29, 1.82) is 0 Å². The molecule has 0 bridgehead atoms. The van der Waals surface area contributed by atoms with E-state index in [-0.39, 0.29) is 0 Å². The third-order valence-electron chi connectivity index (χ3n) is 3.34. The van der Waals surface area contributed by atoms with Crippen molar-refractivity contribution < 1.29 is 0 Å². The summed E-state index contributed by atoms with van der Waals surface area (Å²) < 4.78 is 4.49. The van der Waals surface area contributed by atoms with E-state index in [1.807, 2.05) is 11.3 Å². The number of hydrogen-bond donors (Lipinski definition) is 0. The Balaban J connectivity index is 1.96. The summed E-state index contributed by atoms with van der Waals surface area (Å²) in [5.74, 6) is 0. The van der Waals surface area contributed by atoms with E-state index >= 15 is 0 Å². The molecule has 0 N–H and O–H groups in total. The van der Waals surface area contributed by atoms with Crippen molar-refractivity contribution in [3.8, 4) is 10.4 Å². The molecule has 2 aromatic carbocycles. The van der Waals surface area contributed by atoms with Crippen molar-refractivity contribution in [2.75, 3.05) is 0 Å². The zero-order chi connectivity index (χ0) is 12.8. The summed E-state index contributed by atoms with van der Waals surface area (Å²) in [6.45, 7) is 2.24. The first kappa shape index (κ1) is 11.5. The molecule has 0 aliphatic heterocycles. The van der Waals surface area contributed by atoms with Gasteiger partial charge in [0.2, 0.25) is 0 Å². The van der Waals surface area contributed by atoms with Gasteiger partial charge in [-0.2, -0.15) is 0 Å². The minimum atomic E-state index is 0.542. The Kier molecular flexibility index (Phi) is 2.63. The number of benzene rings is 2. The molecule has 0 spiro atoms. The molecule has 19 heavy (non-hydrogen) atoms. The van der Waals surface area contributed by atoms with E-state index in [0.717, 1.165) is 0 Å². The van der Waals surface area contributed by atoms with Gasteiger partial charge in [0.15, 0.2) is 0 Å². The van der Waals surface area contributed by atoms with Gasteiger partial charge in [0.25, 0.3) is 0 Å². The van der Waals surface area contributed by atoms with E-state index in [1.165, 1.54) is 30.4 Å². The van der Waals surface area contributed by atoms with Crippen LogP contribution in [0.1, 0.15) is 4.44 Å². The molecule has 0 nitrogen and oxygen atoms in total. The number of hydrogen-bond acceptors (Lipinski definition) is 1. The van der Waals surface area contributed by atoms with Crippen LogP contribution >= 0.6 is 11.3 Å². The summed E-state index contributed by atoms with van der Waals surface area (Å²) in [5.41, 5.74) is 1.32. The van der Waals surface area contributed by atoms with E-state index in [1.54, 1.807) is 4.26 Å². The van der Waals surface area contributed by atoms with Gasteiger partial charge in [0.1, 0.15) is 0 Å². The zero-order valence-corrected chi connectivity index (χ0v) is 13.0. The fourth-order valence-corrected chi connectivity index (χ4v) is 5.69. The van der Waals surface area contributed by atoms with Crippen molar-refractivity contribution in [2.24, 2.45) is 0 Å². The summed E-state index contributed by atoms with van der Waals surface area (Å²) in [6.07, 6.45) is 0. The molecule has 4 aromatic rings. The minimum absolute atomic E-state index is 0.542.